The topological polar surface area (TPSA) is 102 Å². The van der Waals surface area contributed by atoms with Gasteiger partial charge in [0.25, 0.3) is 0 Å². The first-order valence-corrected chi connectivity index (χ1v) is 10.2. The highest BCUT2D eigenvalue weighted by atomic mass is 32.2. The Hall–Kier alpha value is -1.84. The van der Waals surface area contributed by atoms with Crippen LogP contribution in [-0.2, 0) is 14.8 Å². The maximum Gasteiger partial charge on any atom is 0.243 e. The van der Waals surface area contributed by atoms with Crippen LogP contribution in [-0.4, -0.2) is 69.0 Å². The Morgan fingerprint density at radius 3 is 2.23 bits per heavy atom. The molecule has 8 nitrogen and oxygen atoms in total. The molecule has 0 saturated carbocycles. The summed E-state index contributed by atoms with van der Waals surface area (Å²) in [5.74, 6) is 0.527. The Labute approximate surface area is 154 Å². The molecule has 0 spiro atoms. The zero-order chi connectivity index (χ0) is 19.3. The quantitative estimate of drug-likeness (QED) is 0.705. The summed E-state index contributed by atoms with van der Waals surface area (Å²) < 4.78 is 38.3. The molecule has 1 atom stereocenters. The van der Waals surface area contributed by atoms with Crippen molar-refractivity contribution in [3.8, 4) is 11.5 Å². The Morgan fingerprint density at radius 2 is 1.69 bits per heavy atom. The van der Waals surface area contributed by atoms with E-state index in [1.54, 1.807) is 13.0 Å². The molecule has 1 aromatic rings. The maximum absolute atomic E-state index is 12.9. The van der Waals surface area contributed by atoms with E-state index in [0.717, 1.165) is 0 Å². The van der Waals surface area contributed by atoms with Gasteiger partial charge in [-0.3, -0.25) is 9.69 Å². The van der Waals surface area contributed by atoms with Crippen molar-refractivity contribution in [2.75, 3.05) is 39.4 Å². The minimum atomic E-state index is -3.65. The second-order valence-electron chi connectivity index (χ2n) is 5.99. The molecule has 0 unspecified atom stereocenters. The molecule has 0 aromatic heterocycles. The van der Waals surface area contributed by atoms with Gasteiger partial charge in [-0.1, -0.05) is 0 Å². The van der Waals surface area contributed by atoms with E-state index in [2.05, 4.69) is 0 Å². The molecular formula is C17H27N3O5S. The van der Waals surface area contributed by atoms with Gasteiger partial charge in [-0.05, 0) is 32.9 Å². The number of nitrogens with two attached hydrogens (primary N) is 1. The molecule has 1 aromatic carbocycles. The van der Waals surface area contributed by atoms with Crippen molar-refractivity contribution in [1.29, 1.82) is 0 Å². The fourth-order valence-electron chi connectivity index (χ4n) is 2.85. The summed E-state index contributed by atoms with van der Waals surface area (Å²) in [6.07, 6.45) is 0. The molecule has 0 bridgehead atoms. The summed E-state index contributed by atoms with van der Waals surface area (Å²) in [7, 11) is -3.65. The van der Waals surface area contributed by atoms with E-state index in [0.29, 0.717) is 50.9 Å². The minimum Gasteiger partial charge on any atom is -0.490 e. The minimum absolute atomic E-state index is 0.167. The van der Waals surface area contributed by atoms with Gasteiger partial charge in [0, 0.05) is 32.2 Å². The fraction of sp³-hybridized carbons (Fsp3) is 0.588. The largest absolute Gasteiger partial charge is 0.490 e. The maximum atomic E-state index is 12.9. The molecule has 2 N–H and O–H groups in total. The van der Waals surface area contributed by atoms with E-state index in [-0.39, 0.29) is 4.90 Å². The predicted octanol–water partition coefficient (Wildman–Crippen LogP) is 0.664. The molecule has 1 aliphatic rings. The van der Waals surface area contributed by atoms with Gasteiger partial charge in [0.2, 0.25) is 15.9 Å². The van der Waals surface area contributed by atoms with Crippen LogP contribution in [0.3, 0.4) is 0 Å². The molecule has 1 amide bonds. The van der Waals surface area contributed by atoms with Crippen LogP contribution in [0, 0.1) is 0 Å². The van der Waals surface area contributed by atoms with Gasteiger partial charge in [0.1, 0.15) is 0 Å². The highest BCUT2D eigenvalue weighted by Crippen LogP contribution is 2.31. The first-order chi connectivity index (χ1) is 12.3. The molecule has 0 radical (unpaired) electrons. The second kappa shape index (κ2) is 8.70. The van der Waals surface area contributed by atoms with Gasteiger partial charge in [0.05, 0.1) is 24.2 Å². The zero-order valence-corrected chi connectivity index (χ0v) is 16.3. The van der Waals surface area contributed by atoms with Crippen molar-refractivity contribution < 1.29 is 22.7 Å². The lowest BCUT2D eigenvalue weighted by atomic mass is 10.2. The average Bonchev–Trinajstić information content (AvgIpc) is 2.63. The van der Waals surface area contributed by atoms with E-state index >= 15 is 0 Å². The van der Waals surface area contributed by atoms with Gasteiger partial charge in [0.15, 0.2) is 11.5 Å². The number of ether oxygens (including phenoxy) is 2. The zero-order valence-electron chi connectivity index (χ0n) is 15.5. The van der Waals surface area contributed by atoms with Crippen molar-refractivity contribution in [2.45, 2.75) is 31.7 Å². The monoisotopic (exact) mass is 385 g/mol. The van der Waals surface area contributed by atoms with E-state index in [4.69, 9.17) is 15.2 Å². The molecule has 26 heavy (non-hydrogen) atoms. The van der Waals surface area contributed by atoms with Crippen LogP contribution in [0.2, 0.25) is 0 Å². The molecule has 2 rings (SSSR count). The third-order valence-electron chi connectivity index (χ3n) is 4.39. The molecule has 1 fully saturated rings. The molecule has 0 aliphatic carbocycles. The van der Waals surface area contributed by atoms with Crippen molar-refractivity contribution in [2.24, 2.45) is 5.73 Å². The summed E-state index contributed by atoms with van der Waals surface area (Å²) in [4.78, 5) is 13.4. The van der Waals surface area contributed by atoms with Gasteiger partial charge >= 0.3 is 0 Å². The lowest BCUT2D eigenvalue weighted by molar-refractivity contribution is -0.123. The third kappa shape index (κ3) is 4.46. The van der Waals surface area contributed by atoms with E-state index < -0.39 is 22.0 Å². The van der Waals surface area contributed by atoms with Gasteiger partial charge in [-0.25, -0.2) is 8.42 Å². The summed E-state index contributed by atoms with van der Waals surface area (Å²) in [5.41, 5.74) is 5.32. The SMILES string of the molecule is CCOc1ccc(S(=O)(=O)N2CCN([C@@H](C)C(N)=O)CC2)cc1OCC. The molecule has 146 valence electrons. The molecule has 9 heteroatoms. The summed E-state index contributed by atoms with van der Waals surface area (Å²) in [6.45, 7) is 7.81. The average molecular weight is 385 g/mol. The Bertz CT molecular complexity index is 730. The number of primary amides is 1. The second-order valence-corrected chi connectivity index (χ2v) is 7.93. The van der Waals surface area contributed by atoms with Gasteiger partial charge in [-0.2, -0.15) is 4.31 Å². The summed E-state index contributed by atoms with van der Waals surface area (Å²) in [5, 5.41) is 0. The number of amides is 1. The molecule has 1 heterocycles. The Morgan fingerprint density at radius 1 is 1.12 bits per heavy atom. The predicted molar refractivity (Wildman–Crippen MR) is 97.8 cm³/mol. The Kier molecular flexibility index (Phi) is 6.85. The normalized spacial score (nSPS) is 17.7. The first-order valence-electron chi connectivity index (χ1n) is 8.74. The lowest BCUT2D eigenvalue weighted by Crippen LogP contribution is -2.54. The van der Waals surface area contributed by atoms with Crippen LogP contribution in [0.25, 0.3) is 0 Å². The van der Waals surface area contributed by atoms with E-state index in [9.17, 15) is 13.2 Å². The number of hydrogen-bond donors (Lipinski definition) is 1. The van der Waals surface area contributed by atoms with Crippen LogP contribution in [0.15, 0.2) is 23.1 Å². The number of benzene rings is 1. The first kappa shape index (κ1) is 20.5. The van der Waals surface area contributed by atoms with Crippen molar-refractivity contribution in [3.63, 3.8) is 0 Å². The summed E-state index contributed by atoms with van der Waals surface area (Å²) >= 11 is 0. The number of rotatable bonds is 8. The Balaban J connectivity index is 2.17. The van der Waals surface area contributed by atoms with Crippen LogP contribution < -0.4 is 15.2 Å². The van der Waals surface area contributed by atoms with Crippen LogP contribution in [0.5, 0.6) is 11.5 Å². The number of hydrogen-bond acceptors (Lipinski definition) is 6. The van der Waals surface area contributed by atoms with Crippen molar-refractivity contribution >= 4 is 15.9 Å². The number of piperazine rings is 1. The van der Waals surface area contributed by atoms with Crippen LogP contribution in [0.1, 0.15) is 20.8 Å². The van der Waals surface area contributed by atoms with Crippen molar-refractivity contribution in [3.05, 3.63) is 18.2 Å². The number of nitrogens with zero attached hydrogens (tertiary/aromatic N) is 2. The number of sulfonamides is 1. The van der Waals surface area contributed by atoms with E-state index in [1.165, 1.54) is 16.4 Å². The van der Waals surface area contributed by atoms with Gasteiger partial charge < -0.3 is 15.2 Å². The molecular weight excluding hydrogens is 358 g/mol. The fourth-order valence-corrected chi connectivity index (χ4v) is 4.29. The smallest absolute Gasteiger partial charge is 0.243 e. The van der Waals surface area contributed by atoms with E-state index in [1.807, 2.05) is 18.7 Å². The number of carbonyl (C=O) groups is 1. The lowest BCUT2D eigenvalue weighted by Gasteiger charge is -2.36. The molecule has 1 saturated heterocycles. The summed E-state index contributed by atoms with van der Waals surface area (Å²) in [6, 6.07) is 4.24. The number of carbonyl (C=O) groups excluding carboxylic acids is 1. The van der Waals surface area contributed by atoms with Gasteiger partial charge in [-0.15, -0.1) is 0 Å². The van der Waals surface area contributed by atoms with Crippen LogP contribution >= 0.6 is 0 Å². The van der Waals surface area contributed by atoms with Crippen molar-refractivity contribution in [1.82, 2.24) is 9.21 Å². The highest BCUT2D eigenvalue weighted by Gasteiger charge is 2.31. The third-order valence-corrected chi connectivity index (χ3v) is 6.28. The van der Waals surface area contributed by atoms with Crippen LogP contribution in [0.4, 0.5) is 0 Å². The highest BCUT2D eigenvalue weighted by molar-refractivity contribution is 7.89. The molecule has 1 aliphatic heterocycles. The standard InChI is InChI=1S/C17H27N3O5S/c1-4-24-15-7-6-14(12-16(15)25-5-2)26(22,23)20-10-8-19(9-11-20)13(3)17(18)21/h6-7,12-13H,4-5,8-11H2,1-3H3,(H2,18,21)/t13-/m0/s1.